The van der Waals surface area contributed by atoms with E-state index in [2.05, 4.69) is 0 Å². The van der Waals surface area contributed by atoms with Gasteiger partial charge in [0.2, 0.25) is 0 Å². The number of carbonyl (C=O) groups is 2. The van der Waals surface area contributed by atoms with Crippen molar-refractivity contribution in [2.24, 2.45) is 0 Å². The third kappa shape index (κ3) is 5.76. The minimum Gasteiger partial charge on any atom is -0.498 e. The normalized spacial score (nSPS) is 14.8. The quantitative estimate of drug-likeness (QED) is 0.454. The van der Waals surface area contributed by atoms with Gasteiger partial charge in [0.05, 0.1) is 13.2 Å². The predicted octanol–water partition coefficient (Wildman–Crippen LogP) is 3.54. The van der Waals surface area contributed by atoms with Gasteiger partial charge in [-0.1, -0.05) is 12.8 Å². The standard InChI is InChI=1S/C16H26O4/c1-3-19-15-12-11-14(17)13(15)9-7-5-6-8-10-16(18)20-4-2/h3-12H2,1-2H3. The van der Waals surface area contributed by atoms with Crippen LogP contribution in [0, 0.1) is 0 Å². The van der Waals surface area contributed by atoms with Crippen molar-refractivity contribution >= 4 is 11.8 Å². The predicted molar refractivity (Wildman–Crippen MR) is 77.2 cm³/mol. The molecule has 4 nitrogen and oxygen atoms in total. The zero-order valence-corrected chi connectivity index (χ0v) is 12.7. The van der Waals surface area contributed by atoms with Crippen LogP contribution in [0.3, 0.4) is 0 Å². The number of ether oxygens (including phenoxy) is 2. The van der Waals surface area contributed by atoms with Gasteiger partial charge >= 0.3 is 5.97 Å². The summed E-state index contributed by atoms with van der Waals surface area (Å²) in [7, 11) is 0. The van der Waals surface area contributed by atoms with E-state index in [1.807, 2.05) is 13.8 Å². The molecule has 0 aromatic rings. The molecular formula is C16H26O4. The summed E-state index contributed by atoms with van der Waals surface area (Å²) < 4.78 is 10.4. The lowest BCUT2D eigenvalue weighted by atomic mass is 10.0. The summed E-state index contributed by atoms with van der Waals surface area (Å²) in [6, 6.07) is 0. The molecule has 0 spiro atoms. The Morgan fingerprint density at radius 1 is 1.05 bits per heavy atom. The Morgan fingerprint density at radius 3 is 2.50 bits per heavy atom. The van der Waals surface area contributed by atoms with E-state index in [0.717, 1.165) is 49.9 Å². The highest BCUT2D eigenvalue weighted by Gasteiger charge is 2.23. The number of unbranched alkanes of at least 4 members (excludes halogenated alkanes) is 3. The van der Waals surface area contributed by atoms with Gasteiger partial charge in [0.1, 0.15) is 5.76 Å². The number of hydrogen-bond acceptors (Lipinski definition) is 4. The maximum absolute atomic E-state index is 11.7. The van der Waals surface area contributed by atoms with E-state index in [-0.39, 0.29) is 11.8 Å². The second kappa shape index (κ2) is 9.56. The Kier molecular flexibility index (Phi) is 8.00. The van der Waals surface area contributed by atoms with E-state index in [1.165, 1.54) is 0 Å². The third-order valence-electron chi connectivity index (χ3n) is 3.43. The summed E-state index contributed by atoms with van der Waals surface area (Å²) in [5.74, 6) is 1.05. The van der Waals surface area contributed by atoms with Crippen LogP contribution in [0.1, 0.15) is 65.2 Å². The van der Waals surface area contributed by atoms with Crippen molar-refractivity contribution in [3.8, 4) is 0 Å². The van der Waals surface area contributed by atoms with E-state index in [1.54, 1.807) is 0 Å². The van der Waals surface area contributed by atoms with Crippen molar-refractivity contribution in [1.82, 2.24) is 0 Å². The maximum atomic E-state index is 11.7. The summed E-state index contributed by atoms with van der Waals surface area (Å²) in [4.78, 5) is 22.9. The van der Waals surface area contributed by atoms with E-state index in [0.29, 0.717) is 26.1 Å². The first kappa shape index (κ1) is 16.7. The summed E-state index contributed by atoms with van der Waals surface area (Å²) >= 11 is 0. The molecule has 0 aromatic carbocycles. The molecule has 0 atom stereocenters. The molecule has 0 fully saturated rings. The van der Waals surface area contributed by atoms with Crippen LogP contribution in [0.4, 0.5) is 0 Å². The molecule has 0 unspecified atom stereocenters. The minimum atomic E-state index is -0.111. The van der Waals surface area contributed by atoms with Crippen LogP contribution in [0.25, 0.3) is 0 Å². The average molecular weight is 282 g/mol. The SMILES string of the molecule is CCOC(=O)CCCCCCC1=C(OCC)CCC1=O. The Balaban J connectivity index is 2.15. The number of rotatable bonds is 10. The largest absolute Gasteiger partial charge is 0.498 e. The van der Waals surface area contributed by atoms with Gasteiger partial charge in [-0.25, -0.2) is 0 Å². The summed E-state index contributed by atoms with van der Waals surface area (Å²) in [6.07, 6.45) is 6.58. The molecule has 0 saturated heterocycles. The van der Waals surface area contributed by atoms with Crippen LogP contribution in [0.2, 0.25) is 0 Å². The van der Waals surface area contributed by atoms with Gasteiger partial charge in [0.15, 0.2) is 5.78 Å². The van der Waals surface area contributed by atoms with Gasteiger partial charge in [-0.2, -0.15) is 0 Å². The van der Waals surface area contributed by atoms with Crippen LogP contribution in [-0.2, 0) is 19.1 Å². The molecule has 0 N–H and O–H groups in total. The van der Waals surface area contributed by atoms with Gasteiger partial charge in [-0.3, -0.25) is 9.59 Å². The van der Waals surface area contributed by atoms with Crippen LogP contribution in [-0.4, -0.2) is 25.0 Å². The number of ketones is 1. The second-order valence-electron chi connectivity index (χ2n) is 4.98. The third-order valence-corrected chi connectivity index (χ3v) is 3.43. The molecule has 0 aliphatic heterocycles. The van der Waals surface area contributed by atoms with Crippen LogP contribution in [0.15, 0.2) is 11.3 Å². The summed E-state index contributed by atoms with van der Waals surface area (Å²) in [5.41, 5.74) is 0.900. The topological polar surface area (TPSA) is 52.6 Å². The molecule has 0 heterocycles. The highest BCUT2D eigenvalue weighted by atomic mass is 16.5. The van der Waals surface area contributed by atoms with Crippen LogP contribution >= 0.6 is 0 Å². The molecule has 1 rings (SSSR count). The van der Waals surface area contributed by atoms with E-state index in [4.69, 9.17) is 9.47 Å². The number of esters is 1. The van der Waals surface area contributed by atoms with Gasteiger partial charge < -0.3 is 9.47 Å². The van der Waals surface area contributed by atoms with Gasteiger partial charge in [0.25, 0.3) is 0 Å². The lowest BCUT2D eigenvalue weighted by Gasteiger charge is -2.07. The average Bonchev–Trinajstić information content (AvgIpc) is 2.76. The molecule has 4 heteroatoms. The van der Waals surface area contributed by atoms with Crippen molar-refractivity contribution in [3.63, 3.8) is 0 Å². The van der Waals surface area contributed by atoms with E-state index < -0.39 is 0 Å². The first-order valence-electron chi connectivity index (χ1n) is 7.72. The first-order chi connectivity index (χ1) is 9.69. The fourth-order valence-corrected chi connectivity index (χ4v) is 2.45. The number of allylic oxidation sites excluding steroid dienone is 2. The molecule has 0 amide bonds. The van der Waals surface area contributed by atoms with Gasteiger partial charge in [-0.05, 0) is 33.1 Å². The van der Waals surface area contributed by atoms with Crippen molar-refractivity contribution in [2.45, 2.75) is 65.2 Å². The lowest BCUT2D eigenvalue weighted by Crippen LogP contribution is -2.03. The Morgan fingerprint density at radius 2 is 1.80 bits per heavy atom. The van der Waals surface area contributed by atoms with Crippen molar-refractivity contribution < 1.29 is 19.1 Å². The van der Waals surface area contributed by atoms with E-state index >= 15 is 0 Å². The Bertz CT molecular complexity index is 357. The minimum absolute atomic E-state index is 0.111. The second-order valence-corrected chi connectivity index (χ2v) is 4.98. The Labute approximate surface area is 121 Å². The molecule has 20 heavy (non-hydrogen) atoms. The van der Waals surface area contributed by atoms with Crippen LogP contribution in [0.5, 0.6) is 0 Å². The summed E-state index contributed by atoms with van der Waals surface area (Å²) in [5, 5.41) is 0. The maximum Gasteiger partial charge on any atom is 0.305 e. The lowest BCUT2D eigenvalue weighted by molar-refractivity contribution is -0.143. The molecule has 1 aliphatic carbocycles. The number of Topliss-reactive ketones (excluding diaryl/α,β-unsaturated/α-hetero) is 1. The van der Waals surface area contributed by atoms with Gasteiger partial charge in [0, 0.05) is 24.8 Å². The molecule has 0 radical (unpaired) electrons. The van der Waals surface area contributed by atoms with Gasteiger partial charge in [-0.15, -0.1) is 0 Å². The molecule has 0 saturated carbocycles. The number of hydrogen-bond donors (Lipinski definition) is 0. The highest BCUT2D eigenvalue weighted by Crippen LogP contribution is 2.28. The van der Waals surface area contributed by atoms with Crippen molar-refractivity contribution in [2.75, 3.05) is 13.2 Å². The van der Waals surface area contributed by atoms with Crippen molar-refractivity contribution in [1.29, 1.82) is 0 Å². The van der Waals surface area contributed by atoms with Crippen LogP contribution < -0.4 is 0 Å². The fraction of sp³-hybridized carbons (Fsp3) is 0.750. The fourth-order valence-electron chi connectivity index (χ4n) is 2.45. The number of carbonyl (C=O) groups excluding carboxylic acids is 2. The zero-order chi connectivity index (χ0) is 14.8. The summed E-state index contributed by atoms with van der Waals surface area (Å²) in [6.45, 7) is 4.85. The molecule has 0 bridgehead atoms. The molecular weight excluding hydrogens is 256 g/mol. The smallest absolute Gasteiger partial charge is 0.305 e. The first-order valence-corrected chi connectivity index (χ1v) is 7.72. The molecule has 0 aromatic heterocycles. The highest BCUT2D eigenvalue weighted by molar-refractivity contribution is 5.98. The zero-order valence-electron chi connectivity index (χ0n) is 12.7. The van der Waals surface area contributed by atoms with E-state index in [9.17, 15) is 9.59 Å². The van der Waals surface area contributed by atoms with Crippen molar-refractivity contribution in [3.05, 3.63) is 11.3 Å². The molecule has 114 valence electrons. The molecule has 1 aliphatic rings. The Hall–Kier alpha value is -1.32. The monoisotopic (exact) mass is 282 g/mol.